The number of anilines is 2. The molecule has 0 saturated carbocycles. The highest BCUT2D eigenvalue weighted by molar-refractivity contribution is 9.11. The molecule has 635 valence electrons. The van der Waals surface area contributed by atoms with Crippen molar-refractivity contribution in [1.29, 1.82) is 0 Å². The Hall–Kier alpha value is -4.18. The summed E-state index contributed by atoms with van der Waals surface area (Å²) < 4.78 is 423. The number of nitrogens with zero attached hydrogens (tertiary/aromatic N) is 2. The molecule has 3 fully saturated rings. The molecule has 2 aromatic carbocycles. The third-order valence-corrected chi connectivity index (χ3v) is 15.0. The molecule has 54 heteroatoms. The van der Waals surface area contributed by atoms with Gasteiger partial charge in [0.1, 0.15) is 25.7 Å². The zero-order valence-corrected chi connectivity index (χ0v) is 58.3. The number of rotatable bonds is 14. The van der Waals surface area contributed by atoms with Gasteiger partial charge in [0.15, 0.2) is 0 Å². The number of alkyl halides is 30. The molecule has 0 aliphatic carbocycles. The van der Waals surface area contributed by atoms with Gasteiger partial charge in [0.05, 0.1) is 33.6 Å². The van der Waals surface area contributed by atoms with E-state index in [9.17, 15) is 159 Å². The molecule has 2 aromatic rings. The number of amides is 2. The molecule has 3 aliphatic heterocycles. The van der Waals surface area contributed by atoms with E-state index < -0.39 is 147 Å². The monoisotopic (exact) mass is 1790 g/mol. The molecule has 3 radical (unpaired) electrons. The highest BCUT2D eigenvalue weighted by Gasteiger charge is 2.76. The Morgan fingerprint density at radius 1 is 0.389 bits per heavy atom. The fourth-order valence-electron chi connectivity index (χ4n) is 6.30. The van der Waals surface area contributed by atoms with Gasteiger partial charge in [0.25, 0.3) is 0 Å². The fraction of sp³-hybridized carbons (Fsp3) is 0.741. The maximum Gasteiger partial charge on any atom is 0.494 e. The second kappa shape index (κ2) is 41.2. The summed E-state index contributed by atoms with van der Waals surface area (Å²) in [5.74, 6) is -15.2. The first-order chi connectivity index (χ1) is 45.0. The summed E-state index contributed by atoms with van der Waals surface area (Å²) >= 11 is 6.40. The Morgan fingerprint density at radius 3 is 0.778 bits per heavy atom. The number of carbonyl (C=O) groups is 2. The molecule has 0 bridgehead atoms. The Bertz CT molecular complexity index is 2850. The lowest BCUT2D eigenvalue weighted by Crippen LogP contribution is -2.52. The minimum absolute atomic E-state index is 0. The summed E-state index contributed by atoms with van der Waals surface area (Å²) in [7, 11) is 1.50. The molecule has 108 heavy (non-hydrogen) atoms. The number of hydrogen-bond acceptors (Lipinski definition) is 12. The first kappa shape index (κ1) is 117. The predicted octanol–water partition coefficient (Wildman–Crippen LogP) is 20.6. The van der Waals surface area contributed by atoms with Crippen LogP contribution in [0.1, 0.15) is 138 Å². The third-order valence-electron chi connectivity index (χ3n) is 14.1. The zero-order chi connectivity index (χ0) is 82.8. The van der Waals surface area contributed by atoms with E-state index in [1.165, 1.54) is 24.0 Å². The molecule has 3 aliphatic rings. The summed E-state index contributed by atoms with van der Waals surface area (Å²) in [6, 6.07) is 9.86. The lowest BCUT2D eigenvalue weighted by atomic mass is 9.71. The molecule has 2 amide bonds. The lowest BCUT2D eigenvalue weighted by Gasteiger charge is -2.32. The van der Waals surface area contributed by atoms with E-state index in [2.05, 4.69) is 31.9 Å². The van der Waals surface area contributed by atoms with E-state index in [0.29, 0.717) is 33.2 Å². The van der Waals surface area contributed by atoms with E-state index in [0.717, 1.165) is 9.80 Å². The van der Waals surface area contributed by atoms with Gasteiger partial charge in [-0.3, -0.25) is 9.59 Å². The quantitative estimate of drug-likeness (QED) is 0.132. The van der Waals surface area contributed by atoms with Gasteiger partial charge < -0.3 is 37.7 Å². The van der Waals surface area contributed by atoms with Crippen LogP contribution in [-0.2, 0) is 57.3 Å². The molecule has 5 rings (SSSR count). The van der Waals surface area contributed by atoms with Crippen LogP contribution in [0.15, 0.2) is 45.3 Å². The smallest absolute Gasteiger partial charge is 0.406 e. The minimum atomic E-state index is -6.57. The van der Waals surface area contributed by atoms with Gasteiger partial charge in [-0.2, -0.15) is 132 Å². The van der Waals surface area contributed by atoms with Gasteiger partial charge in [-0.25, -0.2) is 0 Å². The van der Waals surface area contributed by atoms with Crippen LogP contribution in [0.4, 0.5) is 161 Å². The van der Waals surface area contributed by atoms with Crippen molar-refractivity contribution in [2.24, 2.45) is 0 Å². The fourth-order valence-corrected chi connectivity index (χ4v) is 7.57. The van der Waals surface area contributed by atoms with Gasteiger partial charge in [-0.15, -0.1) is 19.8 Å². The van der Waals surface area contributed by atoms with Crippen LogP contribution in [0.25, 0.3) is 0 Å². The second-order valence-electron chi connectivity index (χ2n) is 23.9. The van der Waals surface area contributed by atoms with Crippen molar-refractivity contribution in [1.82, 2.24) is 0 Å². The van der Waals surface area contributed by atoms with Crippen molar-refractivity contribution >= 4 is 96.3 Å². The van der Waals surface area contributed by atoms with Crippen LogP contribution in [0.5, 0.6) is 0 Å². The van der Waals surface area contributed by atoms with Crippen molar-refractivity contribution in [3.8, 4) is 0 Å². The van der Waals surface area contributed by atoms with E-state index in [4.69, 9.17) is 27.9 Å². The molecule has 0 N–H and O–H groups in total. The lowest BCUT2D eigenvalue weighted by molar-refractivity contribution is -0.471. The molecule has 0 unspecified atom stereocenters. The van der Waals surface area contributed by atoms with Crippen LogP contribution in [0.3, 0.4) is 0 Å². The van der Waals surface area contributed by atoms with Crippen LogP contribution in [-0.4, -0.2) is 163 Å². The Labute approximate surface area is 616 Å². The van der Waals surface area contributed by atoms with Gasteiger partial charge in [0.2, 0.25) is 11.8 Å². The Balaban J connectivity index is -0.000000234. The maximum atomic E-state index is 12.8. The van der Waals surface area contributed by atoms with Crippen molar-refractivity contribution in [2.45, 2.75) is 245 Å². The Kier molecular flexibility index (Phi) is 44.7. The third kappa shape index (κ3) is 36.3. The highest BCUT2D eigenvalue weighted by atomic mass is 79.9. The molecule has 0 atom stereocenters. The van der Waals surface area contributed by atoms with E-state index >= 15 is 0 Å². The largest absolute Gasteiger partial charge is 0.494 e. The molecule has 14 nitrogen and oxygen atoms in total. The second-order valence-corrected chi connectivity index (χ2v) is 25.8. The summed E-state index contributed by atoms with van der Waals surface area (Å²) in [6.07, 6.45) is -62.7. The van der Waals surface area contributed by atoms with Gasteiger partial charge >= 0.3 is 95.3 Å². The number of benzene rings is 2. The summed E-state index contributed by atoms with van der Waals surface area (Å²) in [4.78, 5) is 31.6. The average Bonchev–Trinajstić information content (AvgIpc) is 1.55. The van der Waals surface area contributed by atoms with E-state index in [-0.39, 0.29) is 55.0 Å². The molecule has 0 spiro atoms. The van der Waals surface area contributed by atoms with Crippen molar-refractivity contribution in [2.75, 3.05) is 23.9 Å². The standard InChI is InChI=1S/C22H32B2F3NO5.C10H8Br2F3NO.C6H13BO2.2C3F8O.2C3H2F6O.4CH4.B/c1-18(2)19(3,4)31-23(30-18)14-10-15(24-32-20(5,6)21(7,8)33-24)12-16(11-14)28(9)17(29)13-22(25,26)27;1-16(9(17)5-10(13,14)15)8-3-6(11)2-7(12)4-8;1-5(2)6(3,4)9-7-8-5;2*4-1(5,2(6,7)8)3(9,10)12-11;2*4-2(5,6)1-3(7,8)10-9;;;;;/h10-12H,13H2,1-9H3;2-4H,5H2,1H3;7H,1-4H3;;;2*1H2;4*1H4;. The number of halogens is 36. The van der Waals surface area contributed by atoms with Crippen LogP contribution in [0, 0.1) is 0 Å². The molecular weight excluding hydrogens is 1720 g/mol. The normalized spacial score (nSPS) is 17.2. The summed E-state index contributed by atoms with van der Waals surface area (Å²) in [5, 5.41) is 0. The van der Waals surface area contributed by atoms with Crippen molar-refractivity contribution < 1.29 is 207 Å². The van der Waals surface area contributed by atoms with Gasteiger partial charge in [0, 0.05) is 42.8 Å². The van der Waals surface area contributed by atoms with Gasteiger partial charge in [-0.1, -0.05) is 67.6 Å². The summed E-state index contributed by atoms with van der Waals surface area (Å²) in [6.45, 7) is 23.4. The number of hydrogen-bond donors (Lipinski definition) is 0. The van der Waals surface area contributed by atoms with Gasteiger partial charge in [-0.05, 0) is 142 Å². The van der Waals surface area contributed by atoms with E-state index in [1.807, 2.05) is 83.1 Å². The topological polar surface area (TPSA) is 133 Å². The highest BCUT2D eigenvalue weighted by Crippen LogP contribution is 2.49. The van der Waals surface area contributed by atoms with Crippen LogP contribution in [0.2, 0.25) is 0 Å². The predicted molar refractivity (Wildman–Crippen MR) is 330 cm³/mol. The minimum Gasteiger partial charge on any atom is -0.406 e. The van der Waals surface area contributed by atoms with Crippen molar-refractivity contribution in [3.05, 3.63) is 45.3 Å². The average molecular weight is 1790 g/mol. The van der Waals surface area contributed by atoms with Crippen LogP contribution < -0.4 is 20.7 Å². The van der Waals surface area contributed by atoms with E-state index in [1.54, 1.807) is 46.3 Å². The molecule has 3 heterocycles. The van der Waals surface area contributed by atoms with Crippen molar-refractivity contribution in [3.63, 3.8) is 0 Å². The maximum absolute atomic E-state index is 12.8. The molecular formula is C54H73B4Br2F34N2O12. The summed E-state index contributed by atoms with van der Waals surface area (Å²) in [5.41, 5.74) is -0.953. The first-order valence-electron chi connectivity index (χ1n) is 27.0. The first-order valence-corrected chi connectivity index (χ1v) is 28.6. The molecule has 0 aromatic heterocycles. The zero-order valence-electron chi connectivity index (χ0n) is 55.1. The SMILES string of the molecule is C.C.C.C.CC1(C)OBOC1(C)C.CN(C(=O)CC(F)(F)F)c1cc(B2OC(C)(C)C(C)(C)O2)cc(B2OC(C)(C)C(C)(C)O2)c1.CN(C(=O)CC(F)(F)F)c1cc(Br)cc(Br)c1.FOC(F)(F)C(F)(F)C(F)(F)F.FOC(F)(F)C(F)(F)C(F)(F)F.FOC(F)(F)CC(F)(F)F.FOC(F)(F)CC(F)(F)F.[B]. The van der Waals surface area contributed by atoms with Crippen LogP contribution >= 0.6 is 31.9 Å². The molecule has 3 saturated heterocycles. The number of carbonyl (C=O) groups excluding carboxylic acids is 2. The Morgan fingerprint density at radius 2 is 0.620 bits per heavy atom.